The lowest BCUT2D eigenvalue weighted by Gasteiger charge is -2.33. The van der Waals surface area contributed by atoms with Gasteiger partial charge >= 0.3 is 12.1 Å². The Hall–Kier alpha value is -2.05. The average Bonchev–Trinajstić information content (AvgIpc) is 2.59. The Balaban J connectivity index is 2.00. The number of nitrogens with zero attached hydrogens (tertiary/aromatic N) is 1. The summed E-state index contributed by atoms with van der Waals surface area (Å²) in [5.74, 6) is -1.43. The molecule has 0 unspecified atom stereocenters. The number of piperidine rings is 1. The Morgan fingerprint density at radius 3 is 2.65 bits per heavy atom. The van der Waals surface area contributed by atoms with E-state index in [1.807, 2.05) is 0 Å². The molecule has 1 aromatic rings. The minimum Gasteiger partial charge on any atom is -0.481 e. The molecule has 1 N–H and O–H groups in total. The van der Waals surface area contributed by atoms with Gasteiger partial charge in [0.05, 0.1) is 5.56 Å². The fraction of sp³-hybridized carbons (Fsp3) is 0.579. The molecular formula is C19H24F3NO3. The van der Waals surface area contributed by atoms with Crippen molar-refractivity contribution in [3.05, 3.63) is 35.4 Å². The first-order chi connectivity index (χ1) is 12.2. The standard InChI is InChI=1S/C19H24F3NO3/c1-13(15-6-2-3-7-16(15)19(20,21)22)11-17(24)23-10-4-5-14(12-23)8-9-18(25)26/h2-3,6-7,13-14H,4-5,8-12H2,1H3,(H,25,26)/t13-,14-/m1/s1. The minimum atomic E-state index is -4.44. The lowest BCUT2D eigenvalue weighted by atomic mass is 9.90. The predicted octanol–water partition coefficient (Wildman–Crippen LogP) is 4.30. The van der Waals surface area contributed by atoms with E-state index in [0.717, 1.165) is 18.9 Å². The molecule has 7 heteroatoms. The summed E-state index contributed by atoms with van der Waals surface area (Å²) in [4.78, 5) is 24.9. The largest absolute Gasteiger partial charge is 0.481 e. The van der Waals surface area contributed by atoms with Crippen LogP contribution in [0.1, 0.15) is 56.1 Å². The molecule has 1 heterocycles. The number of carbonyl (C=O) groups is 2. The monoisotopic (exact) mass is 371 g/mol. The van der Waals surface area contributed by atoms with Crippen LogP contribution in [0.5, 0.6) is 0 Å². The van der Waals surface area contributed by atoms with Gasteiger partial charge in [0.25, 0.3) is 0 Å². The molecule has 1 aliphatic heterocycles. The van der Waals surface area contributed by atoms with E-state index in [4.69, 9.17) is 5.11 Å². The molecule has 0 aliphatic carbocycles. The topological polar surface area (TPSA) is 57.6 Å². The zero-order chi connectivity index (χ0) is 19.3. The molecule has 2 atom stereocenters. The van der Waals surface area contributed by atoms with Gasteiger partial charge in [-0.25, -0.2) is 0 Å². The number of hydrogen-bond acceptors (Lipinski definition) is 2. The second-order valence-electron chi connectivity index (χ2n) is 6.97. The highest BCUT2D eigenvalue weighted by Crippen LogP contribution is 2.36. The van der Waals surface area contributed by atoms with E-state index in [2.05, 4.69) is 0 Å². The molecule has 1 aliphatic rings. The van der Waals surface area contributed by atoms with Crippen LogP contribution in [0, 0.1) is 5.92 Å². The Labute approximate surface area is 151 Å². The number of likely N-dealkylation sites (tertiary alicyclic amines) is 1. The molecule has 1 aromatic carbocycles. The van der Waals surface area contributed by atoms with E-state index in [1.165, 1.54) is 12.1 Å². The SMILES string of the molecule is C[C@H](CC(=O)N1CCC[C@H](CCC(=O)O)C1)c1ccccc1C(F)(F)F. The molecule has 0 saturated carbocycles. The van der Waals surface area contributed by atoms with E-state index >= 15 is 0 Å². The molecule has 0 bridgehead atoms. The van der Waals surface area contributed by atoms with Gasteiger partial charge in [-0.15, -0.1) is 0 Å². The van der Waals surface area contributed by atoms with Crippen molar-refractivity contribution in [2.75, 3.05) is 13.1 Å². The zero-order valence-corrected chi connectivity index (χ0v) is 14.8. The predicted molar refractivity (Wildman–Crippen MR) is 90.6 cm³/mol. The first-order valence-electron chi connectivity index (χ1n) is 8.84. The lowest BCUT2D eigenvalue weighted by Crippen LogP contribution is -2.40. The van der Waals surface area contributed by atoms with Crippen LogP contribution in [0.2, 0.25) is 0 Å². The molecule has 2 rings (SSSR count). The molecule has 144 valence electrons. The molecular weight excluding hydrogens is 347 g/mol. The smallest absolute Gasteiger partial charge is 0.416 e. The molecule has 1 saturated heterocycles. The van der Waals surface area contributed by atoms with Crippen molar-refractivity contribution in [2.45, 2.75) is 51.1 Å². The van der Waals surface area contributed by atoms with Crippen molar-refractivity contribution in [3.63, 3.8) is 0 Å². The number of benzene rings is 1. The first kappa shape index (κ1) is 20.3. The Morgan fingerprint density at radius 1 is 1.31 bits per heavy atom. The third-order valence-electron chi connectivity index (χ3n) is 4.92. The van der Waals surface area contributed by atoms with Gasteiger partial charge in [-0.3, -0.25) is 9.59 Å². The number of rotatable bonds is 6. The van der Waals surface area contributed by atoms with Crippen molar-refractivity contribution in [1.82, 2.24) is 4.90 Å². The Kier molecular flexibility index (Phi) is 6.67. The number of amides is 1. The van der Waals surface area contributed by atoms with Crippen LogP contribution >= 0.6 is 0 Å². The quantitative estimate of drug-likeness (QED) is 0.811. The Morgan fingerprint density at radius 2 is 2.00 bits per heavy atom. The highest BCUT2D eigenvalue weighted by atomic mass is 19.4. The molecule has 0 spiro atoms. The van der Waals surface area contributed by atoms with Crippen molar-refractivity contribution in [2.24, 2.45) is 5.92 Å². The molecule has 0 aromatic heterocycles. The van der Waals surface area contributed by atoms with Crippen LogP contribution in [0.25, 0.3) is 0 Å². The third-order valence-corrected chi connectivity index (χ3v) is 4.92. The maximum Gasteiger partial charge on any atom is 0.416 e. The van der Waals surface area contributed by atoms with Crippen LogP contribution in [-0.2, 0) is 15.8 Å². The van der Waals surface area contributed by atoms with Crippen LogP contribution in [-0.4, -0.2) is 35.0 Å². The summed E-state index contributed by atoms with van der Waals surface area (Å²) in [6, 6.07) is 5.36. The van der Waals surface area contributed by atoms with Crippen LogP contribution < -0.4 is 0 Å². The molecule has 0 radical (unpaired) electrons. The zero-order valence-electron chi connectivity index (χ0n) is 14.8. The first-order valence-corrected chi connectivity index (χ1v) is 8.84. The minimum absolute atomic E-state index is 0.0126. The number of hydrogen-bond donors (Lipinski definition) is 1. The number of carboxylic acids is 1. The van der Waals surface area contributed by atoms with E-state index in [9.17, 15) is 22.8 Å². The van der Waals surface area contributed by atoms with E-state index in [0.29, 0.717) is 19.5 Å². The average molecular weight is 371 g/mol. The summed E-state index contributed by atoms with van der Waals surface area (Å²) in [7, 11) is 0. The second kappa shape index (κ2) is 8.56. The van der Waals surface area contributed by atoms with E-state index in [-0.39, 0.29) is 30.2 Å². The number of carbonyl (C=O) groups excluding carboxylic acids is 1. The number of alkyl halides is 3. The maximum atomic E-state index is 13.2. The van der Waals surface area contributed by atoms with Crippen molar-refractivity contribution >= 4 is 11.9 Å². The fourth-order valence-electron chi connectivity index (χ4n) is 3.54. The Bertz CT molecular complexity index is 645. The maximum absolute atomic E-state index is 13.2. The van der Waals surface area contributed by atoms with Crippen LogP contribution in [0.15, 0.2) is 24.3 Å². The van der Waals surface area contributed by atoms with Gasteiger partial charge < -0.3 is 10.0 Å². The number of aliphatic carboxylic acids is 1. The van der Waals surface area contributed by atoms with Gasteiger partial charge in [0, 0.05) is 25.9 Å². The van der Waals surface area contributed by atoms with Crippen LogP contribution in [0.3, 0.4) is 0 Å². The summed E-state index contributed by atoms with van der Waals surface area (Å²) >= 11 is 0. The van der Waals surface area contributed by atoms with Crippen molar-refractivity contribution in [3.8, 4) is 0 Å². The molecule has 1 amide bonds. The van der Waals surface area contributed by atoms with Gasteiger partial charge in [-0.2, -0.15) is 13.2 Å². The van der Waals surface area contributed by atoms with E-state index in [1.54, 1.807) is 17.9 Å². The van der Waals surface area contributed by atoms with Gasteiger partial charge in [-0.05, 0) is 42.7 Å². The van der Waals surface area contributed by atoms with Crippen LogP contribution in [0.4, 0.5) is 13.2 Å². The van der Waals surface area contributed by atoms with Gasteiger partial charge in [0.15, 0.2) is 0 Å². The lowest BCUT2D eigenvalue weighted by molar-refractivity contribution is -0.139. The second-order valence-corrected chi connectivity index (χ2v) is 6.97. The summed E-state index contributed by atoms with van der Waals surface area (Å²) in [6.07, 6.45) is -2.17. The summed E-state index contributed by atoms with van der Waals surface area (Å²) < 4.78 is 39.5. The summed E-state index contributed by atoms with van der Waals surface area (Å²) in [5.41, 5.74) is -0.564. The third kappa shape index (κ3) is 5.47. The summed E-state index contributed by atoms with van der Waals surface area (Å²) in [5, 5.41) is 8.78. The van der Waals surface area contributed by atoms with Crippen molar-refractivity contribution < 1.29 is 27.9 Å². The molecule has 1 fully saturated rings. The molecule has 4 nitrogen and oxygen atoms in total. The van der Waals surface area contributed by atoms with E-state index < -0.39 is 23.6 Å². The van der Waals surface area contributed by atoms with Gasteiger partial charge in [0.2, 0.25) is 5.91 Å². The fourth-order valence-corrected chi connectivity index (χ4v) is 3.54. The highest BCUT2D eigenvalue weighted by molar-refractivity contribution is 5.77. The van der Waals surface area contributed by atoms with Gasteiger partial charge in [-0.1, -0.05) is 25.1 Å². The normalized spacial score (nSPS) is 19.2. The molecule has 26 heavy (non-hydrogen) atoms. The number of halogens is 3. The number of carboxylic acid groups (broad SMARTS) is 1. The highest BCUT2D eigenvalue weighted by Gasteiger charge is 2.35. The van der Waals surface area contributed by atoms with Crippen molar-refractivity contribution in [1.29, 1.82) is 0 Å². The summed E-state index contributed by atoms with van der Waals surface area (Å²) in [6.45, 7) is 2.70. The van der Waals surface area contributed by atoms with Gasteiger partial charge in [0.1, 0.15) is 0 Å².